The zero-order valence-corrected chi connectivity index (χ0v) is 11.9. The van der Waals surface area contributed by atoms with Gasteiger partial charge in [-0.3, -0.25) is 4.79 Å². The monoisotopic (exact) mass is 280 g/mol. The van der Waals surface area contributed by atoms with Crippen LogP contribution in [-0.4, -0.2) is 44.6 Å². The predicted molar refractivity (Wildman–Crippen MR) is 73.8 cm³/mol. The van der Waals surface area contributed by atoms with Crippen molar-refractivity contribution in [3.63, 3.8) is 0 Å². The number of hydrogen-bond acceptors (Lipinski definition) is 4. The number of hydrogen-bond donors (Lipinski definition) is 1. The fraction of sp³-hybridized carbons (Fsp3) is 0.769. The average Bonchev–Trinajstić information content (AvgIpc) is 2.97. The van der Waals surface area contributed by atoms with Crippen molar-refractivity contribution in [2.75, 3.05) is 12.3 Å². The first kappa shape index (κ1) is 13.0. The zero-order valence-electron chi connectivity index (χ0n) is 11.0. The number of carbonyl (C=O) groups is 1. The molecule has 1 aliphatic carbocycles. The molecule has 3 rings (SSSR count). The molecule has 1 aliphatic heterocycles. The number of rotatable bonds is 3. The lowest BCUT2D eigenvalue weighted by Gasteiger charge is -2.44. The lowest BCUT2D eigenvalue weighted by atomic mass is 9.78. The van der Waals surface area contributed by atoms with Gasteiger partial charge in [-0.25, -0.2) is 0 Å². The van der Waals surface area contributed by atoms with E-state index < -0.39 is 0 Å². The summed E-state index contributed by atoms with van der Waals surface area (Å²) in [5.74, 6) is 1.50. The Kier molecular flexibility index (Phi) is 4.06. The van der Waals surface area contributed by atoms with Crippen molar-refractivity contribution >= 4 is 17.7 Å². The van der Waals surface area contributed by atoms with E-state index in [4.69, 9.17) is 0 Å². The SMILES string of the molecule is O=C(CSc1cn[nH]n1)N1CCC[C@@H]2CCCC[C@@H]21. The van der Waals surface area contributed by atoms with Crippen LogP contribution in [-0.2, 0) is 4.79 Å². The Morgan fingerprint density at radius 3 is 3.05 bits per heavy atom. The highest BCUT2D eigenvalue weighted by molar-refractivity contribution is 7.99. The Hall–Kier alpha value is -1.04. The number of amides is 1. The second kappa shape index (κ2) is 5.94. The van der Waals surface area contributed by atoms with Gasteiger partial charge in [0, 0.05) is 12.6 Å². The number of aromatic amines is 1. The number of nitrogens with zero attached hydrogens (tertiary/aromatic N) is 3. The standard InChI is InChI=1S/C13H20N4OS/c18-13(9-19-12-8-14-16-15-12)17-7-3-5-10-4-1-2-6-11(10)17/h8,10-11H,1-7,9H2,(H,14,15,16)/t10-,11-/m0/s1. The van der Waals surface area contributed by atoms with E-state index in [-0.39, 0.29) is 5.91 Å². The number of thioether (sulfide) groups is 1. The van der Waals surface area contributed by atoms with E-state index in [1.807, 2.05) is 0 Å². The molecule has 1 N–H and O–H groups in total. The molecule has 1 saturated carbocycles. The molecule has 19 heavy (non-hydrogen) atoms. The summed E-state index contributed by atoms with van der Waals surface area (Å²) in [7, 11) is 0. The first-order chi connectivity index (χ1) is 9.34. The minimum atomic E-state index is 0.268. The number of likely N-dealkylation sites (tertiary alicyclic amines) is 1. The lowest BCUT2D eigenvalue weighted by Crippen LogP contribution is -2.50. The number of fused-ring (bicyclic) bond motifs is 1. The molecule has 2 fully saturated rings. The van der Waals surface area contributed by atoms with Crippen molar-refractivity contribution < 1.29 is 4.79 Å². The molecule has 6 heteroatoms. The lowest BCUT2D eigenvalue weighted by molar-refractivity contribution is -0.134. The molecule has 1 saturated heterocycles. The van der Waals surface area contributed by atoms with Crippen LogP contribution in [0.2, 0.25) is 0 Å². The molecular weight excluding hydrogens is 260 g/mol. The highest BCUT2D eigenvalue weighted by Gasteiger charge is 2.35. The van der Waals surface area contributed by atoms with Gasteiger partial charge in [-0.05, 0) is 31.6 Å². The molecule has 2 heterocycles. The van der Waals surface area contributed by atoms with Crippen LogP contribution in [0.3, 0.4) is 0 Å². The summed E-state index contributed by atoms with van der Waals surface area (Å²) >= 11 is 1.47. The van der Waals surface area contributed by atoms with Gasteiger partial charge in [0.1, 0.15) is 5.03 Å². The maximum absolute atomic E-state index is 12.4. The van der Waals surface area contributed by atoms with Gasteiger partial charge in [0.15, 0.2) is 0 Å². The van der Waals surface area contributed by atoms with Gasteiger partial charge in [-0.1, -0.05) is 24.6 Å². The molecule has 1 amide bonds. The van der Waals surface area contributed by atoms with E-state index in [1.54, 1.807) is 6.20 Å². The summed E-state index contributed by atoms with van der Waals surface area (Å²) in [6.07, 6.45) is 9.28. The minimum Gasteiger partial charge on any atom is -0.339 e. The summed E-state index contributed by atoms with van der Waals surface area (Å²) in [5.41, 5.74) is 0. The van der Waals surface area contributed by atoms with Gasteiger partial charge in [-0.2, -0.15) is 10.3 Å². The molecule has 0 radical (unpaired) electrons. The molecule has 2 aliphatic rings. The Labute approximate surface area is 117 Å². The van der Waals surface area contributed by atoms with Gasteiger partial charge in [0.05, 0.1) is 11.9 Å². The normalized spacial score (nSPS) is 27.1. The number of nitrogens with one attached hydrogen (secondary N) is 1. The van der Waals surface area contributed by atoms with Gasteiger partial charge in [0.25, 0.3) is 0 Å². The smallest absolute Gasteiger partial charge is 0.233 e. The minimum absolute atomic E-state index is 0.268. The Bertz CT molecular complexity index is 420. The molecule has 0 unspecified atom stereocenters. The average molecular weight is 280 g/mol. The molecule has 1 aromatic rings. The Morgan fingerprint density at radius 2 is 2.21 bits per heavy atom. The van der Waals surface area contributed by atoms with Crippen LogP contribution in [0.5, 0.6) is 0 Å². The van der Waals surface area contributed by atoms with Crippen LogP contribution in [0.25, 0.3) is 0 Å². The van der Waals surface area contributed by atoms with Gasteiger partial charge >= 0.3 is 0 Å². The highest BCUT2D eigenvalue weighted by atomic mass is 32.2. The van der Waals surface area contributed by atoms with Crippen LogP contribution >= 0.6 is 11.8 Å². The third kappa shape index (κ3) is 2.94. The quantitative estimate of drug-likeness (QED) is 0.861. The van der Waals surface area contributed by atoms with Crippen LogP contribution in [0, 0.1) is 5.92 Å². The Balaban J connectivity index is 1.58. The van der Waals surface area contributed by atoms with E-state index in [0.717, 1.165) is 17.5 Å². The molecular formula is C13H20N4OS. The number of aromatic nitrogens is 3. The molecule has 0 aromatic carbocycles. The number of H-pyrrole nitrogens is 1. The van der Waals surface area contributed by atoms with E-state index >= 15 is 0 Å². The highest BCUT2D eigenvalue weighted by Crippen LogP contribution is 2.35. The van der Waals surface area contributed by atoms with Crippen LogP contribution in [0.4, 0.5) is 0 Å². The maximum Gasteiger partial charge on any atom is 0.233 e. The second-order valence-corrected chi connectivity index (χ2v) is 6.43. The fourth-order valence-electron chi connectivity index (χ4n) is 3.41. The molecule has 2 atom stereocenters. The van der Waals surface area contributed by atoms with Crippen molar-refractivity contribution in [3.8, 4) is 0 Å². The topological polar surface area (TPSA) is 61.9 Å². The van der Waals surface area contributed by atoms with Crippen molar-refractivity contribution in [2.24, 2.45) is 5.92 Å². The number of carbonyl (C=O) groups excluding carboxylic acids is 1. The largest absolute Gasteiger partial charge is 0.339 e. The summed E-state index contributed by atoms with van der Waals surface area (Å²) in [4.78, 5) is 14.5. The van der Waals surface area contributed by atoms with Crippen molar-refractivity contribution in [1.82, 2.24) is 20.3 Å². The van der Waals surface area contributed by atoms with Crippen molar-refractivity contribution in [3.05, 3.63) is 6.20 Å². The van der Waals surface area contributed by atoms with Crippen molar-refractivity contribution in [1.29, 1.82) is 0 Å². The number of piperidine rings is 1. The van der Waals surface area contributed by atoms with Crippen LogP contribution in [0.15, 0.2) is 11.2 Å². The molecule has 104 valence electrons. The fourth-order valence-corrected chi connectivity index (χ4v) is 4.08. The van der Waals surface area contributed by atoms with Crippen LogP contribution in [0.1, 0.15) is 38.5 Å². The van der Waals surface area contributed by atoms with Gasteiger partial charge in [0.2, 0.25) is 5.91 Å². The summed E-state index contributed by atoms with van der Waals surface area (Å²) in [6, 6.07) is 0.507. The summed E-state index contributed by atoms with van der Waals surface area (Å²) < 4.78 is 0. The van der Waals surface area contributed by atoms with E-state index in [0.29, 0.717) is 11.8 Å². The van der Waals surface area contributed by atoms with E-state index in [9.17, 15) is 4.79 Å². The zero-order chi connectivity index (χ0) is 13.1. The molecule has 0 spiro atoms. The predicted octanol–water partition coefficient (Wildman–Crippen LogP) is 2.08. The van der Waals surface area contributed by atoms with E-state index in [2.05, 4.69) is 20.3 Å². The third-order valence-electron chi connectivity index (χ3n) is 4.30. The third-order valence-corrected chi connectivity index (χ3v) is 5.18. The molecule has 0 bridgehead atoms. The Morgan fingerprint density at radius 1 is 1.37 bits per heavy atom. The maximum atomic E-state index is 12.4. The summed E-state index contributed by atoms with van der Waals surface area (Å²) in [6.45, 7) is 0.944. The first-order valence-corrected chi connectivity index (χ1v) is 8.11. The first-order valence-electron chi connectivity index (χ1n) is 7.12. The van der Waals surface area contributed by atoms with E-state index in [1.165, 1.54) is 50.3 Å². The second-order valence-electron chi connectivity index (χ2n) is 5.44. The molecule has 5 nitrogen and oxygen atoms in total. The van der Waals surface area contributed by atoms with Crippen LogP contribution < -0.4 is 0 Å². The molecule has 1 aromatic heterocycles. The van der Waals surface area contributed by atoms with Crippen molar-refractivity contribution in [2.45, 2.75) is 49.6 Å². The van der Waals surface area contributed by atoms with Gasteiger partial charge in [-0.15, -0.1) is 5.10 Å². The van der Waals surface area contributed by atoms with Gasteiger partial charge < -0.3 is 4.90 Å². The summed E-state index contributed by atoms with van der Waals surface area (Å²) in [5, 5.41) is 11.1.